The topological polar surface area (TPSA) is 77.8 Å². The maximum absolute atomic E-state index is 5.91. The largest absolute Gasteiger partial charge is 0.473 e. The van der Waals surface area contributed by atoms with E-state index in [0.29, 0.717) is 18.3 Å². The van der Waals surface area contributed by atoms with Gasteiger partial charge in [0.2, 0.25) is 5.88 Å². The number of hydrogen-bond acceptors (Lipinski definition) is 6. The fraction of sp³-hybridized carbons (Fsp3) is 0.0714. The molecule has 0 amide bonds. The van der Waals surface area contributed by atoms with Crippen molar-refractivity contribution in [3.05, 3.63) is 115 Å². The SMILES string of the molecule is c1ccc(COc2cc3c(Nc4ccc5c(cnn5Cc5ccccc5)c4)ncnc3cn2)cc1. The van der Waals surface area contributed by atoms with E-state index in [1.54, 1.807) is 6.20 Å². The van der Waals surface area contributed by atoms with Gasteiger partial charge in [-0.05, 0) is 29.3 Å². The summed E-state index contributed by atoms with van der Waals surface area (Å²) in [4.78, 5) is 13.2. The van der Waals surface area contributed by atoms with E-state index < -0.39 is 0 Å². The van der Waals surface area contributed by atoms with Crippen molar-refractivity contribution in [3.63, 3.8) is 0 Å². The number of hydrogen-bond donors (Lipinski definition) is 1. The molecule has 0 atom stereocenters. The van der Waals surface area contributed by atoms with E-state index >= 15 is 0 Å². The van der Waals surface area contributed by atoms with Gasteiger partial charge < -0.3 is 10.1 Å². The number of pyridine rings is 1. The summed E-state index contributed by atoms with van der Waals surface area (Å²) in [5.41, 5.74) is 5.03. The van der Waals surface area contributed by atoms with Crippen LogP contribution in [-0.4, -0.2) is 24.7 Å². The van der Waals surface area contributed by atoms with Crippen LogP contribution >= 0.6 is 0 Å². The number of anilines is 2. The van der Waals surface area contributed by atoms with Gasteiger partial charge in [0.15, 0.2) is 0 Å². The molecule has 0 fully saturated rings. The molecule has 0 aliphatic rings. The summed E-state index contributed by atoms with van der Waals surface area (Å²) in [5, 5.41) is 9.90. The van der Waals surface area contributed by atoms with Crippen LogP contribution < -0.4 is 10.1 Å². The van der Waals surface area contributed by atoms with Crippen LogP contribution in [0.5, 0.6) is 5.88 Å². The quantitative estimate of drug-likeness (QED) is 0.328. The van der Waals surface area contributed by atoms with Gasteiger partial charge in [-0.25, -0.2) is 15.0 Å². The van der Waals surface area contributed by atoms with Crippen molar-refractivity contribution in [2.75, 3.05) is 5.32 Å². The molecule has 35 heavy (non-hydrogen) atoms. The molecule has 0 spiro atoms. The lowest BCUT2D eigenvalue weighted by atomic mass is 10.2. The first kappa shape index (κ1) is 20.8. The van der Waals surface area contributed by atoms with E-state index in [2.05, 4.69) is 49.6 Å². The minimum atomic E-state index is 0.444. The monoisotopic (exact) mass is 458 g/mol. The maximum atomic E-state index is 5.91. The molecule has 7 heteroatoms. The van der Waals surface area contributed by atoms with E-state index in [1.165, 1.54) is 11.9 Å². The van der Waals surface area contributed by atoms with Crippen LogP contribution in [0.3, 0.4) is 0 Å². The zero-order chi connectivity index (χ0) is 23.5. The van der Waals surface area contributed by atoms with Crippen LogP contribution in [0.25, 0.3) is 21.8 Å². The molecule has 1 N–H and O–H groups in total. The second-order valence-corrected chi connectivity index (χ2v) is 8.22. The van der Waals surface area contributed by atoms with Crippen LogP contribution in [0.4, 0.5) is 11.5 Å². The molecule has 0 radical (unpaired) electrons. The van der Waals surface area contributed by atoms with Crippen LogP contribution in [0, 0.1) is 0 Å². The number of fused-ring (bicyclic) bond motifs is 2. The Kier molecular flexibility index (Phi) is 5.48. The van der Waals surface area contributed by atoms with Crippen LogP contribution in [0.1, 0.15) is 11.1 Å². The van der Waals surface area contributed by atoms with Gasteiger partial charge in [-0.15, -0.1) is 0 Å². The Labute approximate surface area is 202 Å². The second-order valence-electron chi connectivity index (χ2n) is 8.22. The predicted molar refractivity (Wildman–Crippen MR) is 137 cm³/mol. The number of aromatic nitrogens is 5. The standard InChI is InChI=1S/C28H22N6O/c1-3-7-20(8-4-1)17-34-26-12-11-23(13-22(26)15-32-34)33-28-24-14-27(29-16-25(24)30-19-31-28)35-18-21-9-5-2-6-10-21/h1-16,19H,17-18H2,(H,30,31,33). The fourth-order valence-electron chi connectivity index (χ4n) is 4.03. The molecule has 3 aromatic carbocycles. The molecule has 0 unspecified atom stereocenters. The molecule has 7 nitrogen and oxygen atoms in total. The fourth-order valence-corrected chi connectivity index (χ4v) is 4.03. The van der Waals surface area contributed by atoms with E-state index in [-0.39, 0.29) is 0 Å². The molecular formula is C28H22N6O. The van der Waals surface area contributed by atoms with E-state index in [1.807, 2.05) is 71.5 Å². The van der Waals surface area contributed by atoms with Gasteiger partial charge in [-0.2, -0.15) is 5.10 Å². The first-order valence-corrected chi connectivity index (χ1v) is 11.4. The number of ether oxygens (including phenoxy) is 1. The summed E-state index contributed by atoms with van der Waals surface area (Å²) in [5.74, 6) is 1.22. The Hall–Kier alpha value is -4.78. The van der Waals surface area contributed by atoms with Gasteiger partial charge in [-0.3, -0.25) is 4.68 Å². The molecule has 6 rings (SSSR count). The summed E-state index contributed by atoms with van der Waals surface area (Å²) >= 11 is 0. The maximum Gasteiger partial charge on any atom is 0.214 e. The van der Waals surface area contributed by atoms with Crippen molar-refractivity contribution in [3.8, 4) is 5.88 Å². The highest BCUT2D eigenvalue weighted by Gasteiger charge is 2.10. The smallest absolute Gasteiger partial charge is 0.214 e. The van der Waals surface area contributed by atoms with Crippen molar-refractivity contribution in [1.29, 1.82) is 0 Å². The Morgan fingerprint density at radius 1 is 0.771 bits per heavy atom. The van der Waals surface area contributed by atoms with Crippen molar-refractivity contribution < 1.29 is 4.74 Å². The number of nitrogens with zero attached hydrogens (tertiary/aromatic N) is 5. The third-order valence-electron chi connectivity index (χ3n) is 5.81. The van der Waals surface area contributed by atoms with Gasteiger partial charge in [-0.1, -0.05) is 60.7 Å². The molecule has 0 saturated carbocycles. The first-order chi connectivity index (χ1) is 17.3. The Morgan fingerprint density at radius 3 is 2.40 bits per heavy atom. The number of nitrogens with one attached hydrogen (secondary N) is 1. The molecule has 3 heterocycles. The first-order valence-electron chi connectivity index (χ1n) is 11.4. The molecule has 0 aliphatic carbocycles. The number of rotatable bonds is 7. The number of benzene rings is 3. The molecule has 0 aliphatic heterocycles. The van der Waals surface area contributed by atoms with E-state index in [0.717, 1.165) is 39.6 Å². The summed E-state index contributed by atoms with van der Waals surface area (Å²) in [6.07, 6.45) is 5.13. The zero-order valence-electron chi connectivity index (χ0n) is 18.9. The lowest BCUT2D eigenvalue weighted by Gasteiger charge is -2.10. The summed E-state index contributed by atoms with van der Waals surface area (Å²) in [7, 11) is 0. The minimum Gasteiger partial charge on any atom is -0.473 e. The van der Waals surface area contributed by atoms with E-state index in [9.17, 15) is 0 Å². The molecule has 6 aromatic rings. The Bertz CT molecular complexity index is 1600. The third-order valence-corrected chi connectivity index (χ3v) is 5.81. The van der Waals surface area contributed by atoms with Gasteiger partial charge in [0.25, 0.3) is 0 Å². The minimum absolute atomic E-state index is 0.444. The Morgan fingerprint density at radius 2 is 1.57 bits per heavy atom. The highest BCUT2D eigenvalue weighted by atomic mass is 16.5. The molecule has 3 aromatic heterocycles. The molecule has 0 saturated heterocycles. The summed E-state index contributed by atoms with van der Waals surface area (Å²) in [6, 6.07) is 28.4. The average molecular weight is 459 g/mol. The van der Waals surface area contributed by atoms with Gasteiger partial charge in [0.05, 0.1) is 30.0 Å². The normalized spacial score (nSPS) is 11.1. The molecular weight excluding hydrogens is 436 g/mol. The van der Waals surface area contributed by atoms with Crippen molar-refractivity contribution in [1.82, 2.24) is 24.7 Å². The van der Waals surface area contributed by atoms with Crippen LogP contribution in [-0.2, 0) is 13.2 Å². The highest BCUT2D eigenvalue weighted by molar-refractivity contribution is 5.92. The van der Waals surface area contributed by atoms with Crippen LogP contribution in [0.2, 0.25) is 0 Å². The molecule has 0 bridgehead atoms. The summed E-state index contributed by atoms with van der Waals surface area (Å²) < 4.78 is 7.92. The zero-order valence-corrected chi connectivity index (χ0v) is 18.9. The highest BCUT2D eigenvalue weighted by Crippen LogP contribution is 2.27. The predicted octanol–water partition coefficient (Wildman–Crippen LogP) is 5.75. The third kappa shape index (κ3) is 4.52. The van der Waals surface area contributed by atoms with Gasteiger partial charge in [0, 0.05) is 22.5 Å². The van der Waals surface area contributed by atoms with Crippen molar-refractivity contribution in [2.45, 2.75) is 13.2 Å². The Balaban J connectivity index is 1.25. The van der Waals surface area contributed by atoms with Crippen LogP contribution in [0.15, 0.2) is 104 Å². The van der Waals surface area contributed by atoms with Gasteiger partial charge >= 0.3 is 0 Å². The second kappa shape index (κ2) is 9.23. The average Bonchev–Trinajstić information content (AvgIpc) is 3.30. The van der Waals surface area contributed by atoms with Crippen molar-refractivity contribution in [2.24, 2.45) is 0 Å². The summed E-state index contributed by atoms with van der Waals surface area (Å²) in [6.45, 7) is 1.17. The lowest BCUT2D eigenvalue weighted by molar-refractivity contribution is 0.294. The van der Waals surface area contributed by atoms with Crippen molar-refractivity contribution >= 4 is 33.3 Å². The van der Waals surface area contributed by atoms with Gasteiger partial charge in [0.1, 0.15) is 18.8 Å². The molecule has 170 valence electrons. The van der Waals surface area contributed by atoms with E-state index in [4.69, 9.17) is 4.74 Å². The lowest BCUT2D eigenvalue weighted by Crippen LogP contribution is -2.01.